The average molecular weight is 434 g/mol. The lowest BCUT2D eigenvalue weighted by molar-refractivity contribution is -0.153. The summed E-state index contributed by atoms with van der Waals surface area (Å²) >= 11 is 1.09. The van der Waals surface area contributed by atoms with Gasteiger partial charge in [0.05, 0.1) is 12.2 Å². The van der Waals surface area contributed by atoms with Crippen LogP contribution >= 0.6 is 11.8 Å². The standard InChI is InChI=1S/C19H18N2O8S/c1-2-29-19(28)10-8-30-16-12(15(23)21(16)13(10)18(26)27)20-14(22)11(17(24)25)9-6-4-3-5-7-9/h3-7,11-12,16H,2,8H2,1H3,(H,20,22)(H,24,25)(H,26,27)/t11?,12?,16-/m1/s1. The summed E-state index contributed by atoms with van der Waals surface area (Å²) in [5.74, 6) is -6.84. The van der Waals surface area contributed by atoms with Crippen molar-refractivity contribution < 1.29 is 38.9 Å². The van der Waals surface area contributed by atoms with Gasteiger partial charge >= 0.3 is 17.9 Å². The molecule has 3 N–H and O–H groups in total. The zero-order chi connectivity index (χ0) is 22.0. The molecule has 0 saturated carbocycles. The number of nitrogens with one attached hydrogen (secondary N) is 1. The maximum Gasteiger partial charge on any atom is 0.353 e. The monoisotopic (exact) mass is 434 g/mol. The highest BCUT2D eigenvalue weighted by Gasteiger charge is 2.55. The van der Waals surface area contributed by atoms with E-state index in [0.717, 1.165) is 16.7 Å². The maximum atomic E-state index is 12.6. The normalized spacial score (nSPS) is 21.2. The quantitative estimate of drug-likeness (QED) is 0.310. The highest BCUT2D eigenvalue weighted by molar-refractivity contribution is 8.00. The van der Waals surface area contributed by atoms with Crippen molar-refractivity contribution in [3.05, 3.63) is 47.2 Å². The minimum absolute atomic E-state index is 0.0255. The fraction of sp³-hybridized carbons (Fsp3) is 0.316. The summed E-state index contributed by atoms with van der Waals surface area (Å²) in [5.41, 5.74) is -0.375. The highest BCUT2D eigenvalue weighted by Crippen LogP contribution is 2.40. The average Bonchev–Trinajstić information content (AvgIpc) is 2.71. The summed E-state index contributed by atoms with van der Waals surface area (Å²) in [4.78, 5) is 61.5. The molecule has 2 aliphatic heterocycles. The number of carbonyl (C=O) groups is 5. The van der Waals surface area contributed by atoms with Crippen LogP contribution < -0.4 is 5.32 Å². The van der Waals surface area contributed by atoms with Gasteiger partial charge in [0.25, 0.3) is 5.91 Å². The molecule has 1 fully saturated rings. The smallest absolute Gasteiger partial charge is 0.353 e. The third kappa shape index (κ3) is 3.75. The number of nitrogens with zero attached hydrogens (tertiary/aromatic N) is 1. The van der Waals surface area contributed by atoms with Crippen LogP contribution in [-0.2, 0) is 28.7 Å². The Balaban J connectivity index is 1.81. The zero-order valence-corrected chi connectivity index (χ0v) is 16.5. The topological polar surface area (TPSA) is 150 Å². The van der Waals surface area contributed by atoms with Crippen molar-refractivity contribution in [3.63, 3.8) is 0 Å². The van der Waals surface area contributed by atoms with Crippen LogP contribution in [-0.4, -0.2) is 68.6 Å². The lowest BCUT2D eigenvalue weighted by Crippen LogP contribution is -2.71. The minimum Gasteiger partial charge on any atom is -0.480 e. The van der Waals surface area contributed by atoms with Crippen molar-refractivity contribution in [2.24, 2.45) is 0 Å². The molecule has 2 unspecified atom stereocenters. The predicted octanol–water partition coefficient (Wildman–Crippen LogP) is 0.157. The van der Waals surface area contributed by atoms with Gasteiger partial charge in [0.15, 0.2) is 5.92 Å². The van der Waals surface area contributed by atoms with Crippen LogP contribution in [0.15, 0.2) is 41.6 Å². The molecule has 30 heavy (non-hydrogen) atoms. The molecule has 1 aromatic rings. The third-order valence-electron chi connectivity index (χ3n) is 4.63. The Hall–Kier alpha value is -3.34. The Labute approximate surface area is 174 Å². The van der Waals surface area contributed by atoms with Crippen LogP contribution in [0.2, 0.25) is 0 Å². The van der Waals surface area contributed by atoms with E-state index in [2.05, 4.69) is 5.32 Å². The largest absolute Gasteiger partial charge is 0.480 e. The number of benzene rings is 1. The van der Waals surface area contributed by atoms with Crippen LogP contribution in [0.5, 0.6) is 0 Å². The van der Waals surface area contributed by atoms with Gasteiger partial charge in [0.2, 0.25) is 5.91 Å². The van der Waals surface area contributed by atoms with Gasteiger partial charge < -0.3 is 20.3 Å². The summed E-state index contributed by atoms with van der Waals surface area (Å²) in [5, 5.41) is 20.6. The first-order chi connectivity index (χ1) is 14.3. The summed E-state index contributed by atoms with van der Waals surface area (Å²) in [6.07, 6.45) is 0. The maximum absolute atomic E-state index is 12.6. The molecule has 1 aromatic carbocycles. The number of β-lactam (4-membered cyclic amide) rings is 1. The third-order valence-corrected chi connectivity index (χ3v) is 5.91. The van der Waals surface area contributed by atoms with E-state index < -0.39 is 52.8 Å². The van der Waals surface area contributed by atoms with Crippen molar-refractivity contribution in [1.29, 1.82) is 0 Å². The molecule has 10 nitrogen and oxygen atoms in total. The first-order valence-electron chi connectivity index (χ1n) is 8.94. The zero-order valence-electron chi connectivity index (χ0n) is 15.7. The molecule has 158 valence electrons. The second-order valence-electron chi connectivity index (χ2n) is 6.43. The second kappa shape index (κ2) is 8.57. The van der Waals surface area contributed by atoms with Gasteiger partial charge in [0, 0.05) is 5.75 Å². The Bertz CT molecular complexity index is 945. The number of carbonyl (C=O) groups excluding carboxylic acids is 3. The van der Waals surface area contributed by atoms with E-state index in [9.17, 15) is 34.2 Å². The Morgan fingerprint density at radius 2 is 1.90 bits per heavy atom. The lowest BCUT2D eigenvalue weighted by atomic mass is 9.96. The molecular formula is C19H18N2O8S. The summed E-state index contributed by atoms with van der Waals surface area (Å²) in [6.45, 7) is 1.62. The summed E-state index contributed by atoms with van der Waals surface area (Å²) in [7, 11) is 0. The van der Waals surface area contributed by atoms with E-state index in [0.29, 0.717) is 0 Å². The van der Waals surface area contributed by atoms with Crippen molar-refractivity contribution in [2.45, 2.75) is 24.3 Å². The summed E-state index contributed by atoms with van der Waals surface area (Å²) < 4.78 is 4.86. The number of hydrogen-bond acceptors (Lipinski definition) is 7. The minimum atomic E-state index is -1.52. The van der Waals surface area contributed by atoms with Gasteiger partial charge in [-0.2, -0.15) is 0 Å². The number of thioether (sulfide) groups is 1. The van der Waals surface area contributed by atoms with Crippen LogP contribution in [0.25, 0.3) is 0 Å². The van der Waals surface area contributed by atoms with Gasteiger partial charge in [-0.25, -0.2) is 9.59 Å². The van der Waals surface area contributed by atoms with Gasteiger partial charge in [-0.15, -0.1) is 11.8 Å². The molecule has 2 amide bonds. The van der Waals surface area contributed by atoms with E-state index in [1.54, 1.807) is 25.1 Å². The van der Waals surface area contributed by atoms with Crippen molar-refractivity contribution in [2.75, 3.05) is 12.4 Å². The summed E-state index contributed by atoms with van der Waals surface area (Å²) in [6, 6.07) is 6.72. The number of aliphatic carboxylic acids is 2. The van der Waals surface area contributed by atoms with Crippen molar-refractivity contribution >= 4 is 41.5 Å². The number of carboxylic acid groups (broad SMARTS) is 2. The molecule has 11 heteroatoms. The molecule has 2 heterocycles. The SMILES string of the molecule is CCOC(=O)C1=C(C(=O)O)N2C(=O)C(NC(=O)C(C(=O)O)c3ccccc3)[C@H]2SC1. The Morgan fingerprint density at radius 3 is 2.47 bits per heavy atom. The number of carboxylic acids is 2. The predicted molar refractivity (Wildman–Crippen MR) is 103 cm³/mol. The fourth-order valence-corrected chi connectivity index (χ4v) is 4.61. The van der Waals surface area contributed by atoms with Crippen LogP contribution in [0.3, 0.4) is 0 Å². The van der Waals surface area contributed by atoms with E-state index in [1.807, 2.05) is 0 Å². The van der Waals surface area contributed by atoms with E-state index in [1.165, 1.54) is 12.1 Å². The molecule has 0 spiro atoms. The number of esters is 1. The molecule has 0 aromatic heterocycles. The van der Waals surface area contributed by atoms with Crippen LogP contribution in [0, 0.1) is 0 Å². The van der Waals surface area contributed by atoms with Gasteiger partial charge in [0.1, 0.15) is 17.1 Å². The molecule has 0 aliphatic carbocycles. The fourth-order valence-electron chi connectivity index (χ4n) is 3.28. The van der Waals surface area contributed by atoms with Gasteiger partial charge in [-0.05, 0) is 12.5 Å². The van der Waals surface area contributed by atoms with Gasteiger partial charge in [-0.1, -0.05) is 30.3 Å². The first kappa shape index (κ1) is 21.4. The number of hydrogen-bond donors (Lipinski definition) is 3. The van der Waals surface area contributed by atoms with Crippen molar-refractivity contribution in [1.82, 2.24) is 10.2 Å². The molecule has 1 saturated heterocycles. The van der Waals surface area contributed by atoms with Crippen molar-refractivity contribution in [3.8, 4) is 0 Å². The Kier molecular flexibility index (Phi) is 6.11. The van der Waals surface area contributed by atoms with E-state index in [-0.39, 0.29) is 23.5 Å². The van der Waals surface area contributed by atoms with Crippen LogP contribution in [0.1, 0.15) is 18.4 Å². The lowest BCUT2D eigenvalue weighted by Gasteiger charge is -2.49. The number of rotatable bonds is 7. The molecule has 0 radical (unpaired) electrons. The number of ether oxygens (including phenoxy) is 1. The second-order valence-corrected chi connectivity index (χ2v) is 7.54. The highest BCUT2D eigenvalue weighted by atomic mass is 32.2. The first-order valence-corrected chi connectivity index (χ1v) is 9.99. The van der Waals surface area contributed by atoms with E-state index in [4.69, 9.17) is 4.74 Å². The Morgan fingerprint density at radius 1 is 1.23 bits per heavy atom. The molecule has 0 bridgehead atoms. The molecule has 3 atom stereocenters. The number of fused-ring (bicyclic) bond motifs is 1. The van der Waals surface area contributed by atoms with Crippen LogP contribution in [0.4, 0.5) is 0 Å². The number of amides is 2. The molecular weight excluding hydrogens is 416 g/mol. The molecule has 3 rings (SSSR count). The van der Waals surface area contributed by atoms with E-state index >= 15 is 0 Å². The van der Waals surface area contributed by atoms with Gasteiger partial charge in [-0.3, -0.25) is 19.3 Å². The molecule has 2 aliphatic rings.